The van der Waals surface area contributed by atoms with Gasteiger partial charge in [-0.25, -0.2) is 0 Å². The van der Waals surface area contributed by atoms with Crippen LogP contribution in [0.4, 0.5) is 11.4 Å². The molecular formula is C21H23N3O. The van der Waals surface area contributed by atoms with Crippen molar-refractivity contribution < 1.29 is 5.11 Å². The number of anilines is 2. The van der Waals surface area contributed by atoms with E-state index in [0.717, 1.165) is 23.5 Å². The van der Waals surface area contributed by atoms with E-state index < -0.39 is 0 Å². The number of pyridine rings is 1. The number of benzene rings is 2. The van der Waals surface area contributed by atoms with E-state index in [9.17, 15) is 0 Å². The monoisotopic (exact) mass is 333 g/mol. The number of aromatic nitrogens is 1. The molecule has 0 spiro atoms. The molecule has 4 heteroatoms. The summed E-state index contributed by atoms with van der Waals surface area (Å²) >= 11 is 0. The molecule has 0 aliphatic rings. The zero-order valence-corrected chi connectivity index (χ0v) is 14.4. The number of likely N-dealkylation sites (N-methyl/N-ethyl adjacent to an activating group) is 1. The summed E-state index contributed by atoms with van der Waals surface area (Å²) in [5.41, 5.74) is 5.70. The molecule has 0 unspecified atom stereocenters. The maximum absolute atomic E-state index is 9.01. The summed E-state index contributed by atoms with van der Waals surface area (Å²) in [6.07, 6.45) is 3.67. The number of hydrogen-bond acceptors (Lipinski definition) is 4. The van der Waals surface area contributed by atoms with Gasteiger partial charge in [-0.1, -0.05) is 24.3 Å². The predicted octanol–water partition coefficient (Wildman–Crippen LogP) is 3.79. The van der Waals surface area contributed by atoms with Crippen LogP contribution in [0, 0.1) is 0 Å². The molecule has 0 atom stereocenters. The third-order valence-electron chi connectivity index (χ3n) is 4.16. The molecule has 0 aliphatic carbocycles. The van der Waals surface area contributed by atoms with Gasteiger partial charge in [0.15, 0.2) is 0 Å². The lowest BCUT2D eigenvalue weighted by atomic mass is 10.0. The minimum absolute atomic E-state index is 0.157. The molecule has 0 radical (unpaired) electrons. The first-order valence-corrected chi connectivity index (χ1v) is 8.41. The lowest BCUT2D eigenvalue weighted by Gasteiger charge is -2.18. The van der Waals surface area contributed by atoms with E-state index in [1.807, 2.05) is 24.2 Å². The summed E-state index contributed by atoms with van der Waals surface area (Å²) in [5, 5.41) is 12.5. The summed E-state index contributed by atoms with van der Waals surface area (Å²) in [7, 11) is 1.97. The van der Waals surface area contributed by atoms with E-state index >= 15 is 0 Å². The van der Waals surface area contributed by atoms with Crippen LogP contribution in [0.2, 0.25) is 0 Å². The fourth-order valence-corrected chi connectivity index (χ4v) is 2.71. The first-order chi connectivity index (χ1) is 12.3. The molecule has 2 aromatic carbocycles. The van der Waals surface area contributed by atoms with Gasteiger partial charge in [0.1, 0.15) is 0 Å². The van der Waals surface area contributed by atoms with E-state index in [1.165, 1.54) is 11.1 Å². The van der Waals surface area contributed by atoms with Gasteiger partial charge in [-0.3, -0.25) is 4.98 Å². The standard InChI is InChI=1S/C21H23N3O/c1-24(12-13-25)21-9-7-20(8-10-21)23-15-17-4-2-5-18(14-17)19-6-3-11-22-16-19/h2-11,14,16,23,25H,12-13,15H2,1H3. The zero-order chi connectivity index (χ0) is 17.5. The third-order valence-corrected chi connectivity index (χ3v) is 4.16. The molecule has 128 valence electrons. The Labute approximate surface area is 148 Å². The quantitative estimate of drug-likeness (QED) is 0.691. The molecule has 3 rings (SSSR count). The SMILES string of the molecule is CN(CCO)c1ccc(NCc2cccc(-c3cccnc3)c2)cc1. The van der Waals surface area contributed by atoms with Crippen molar-refractivity contribution in [2.24, 2.45) is 0 Å². The molecule has 4 nitrogen and oxygen atoms in total. The average Bonchev–Trinajstić information content (AvgIpc) is 2.68. The van der Waals surface area contributed by atoms with E-state index in [2.05, 4.69) is 64.9 Å². The summed E-state index contributed by atoms with van der Waals surface area (Å²) < 4.78 is 0. The zero-order valence-electron chi connectivity index (χ0n) is 14.4. The third kappa shape index (κ3) is 4.58. The van der Waals surface area contributed by atoms with E-state index in [1.54, 1.807) is 6.20 Å². The van der Waals surface area contributed by atoms with E-state index in [0.29, 0.717) is 6.54 Å². The smallest absolute Gasteiger partial charge is 0.0606 e. The largest absolute Gasteiger partial charge is 0.395 e. The Balaban J connectivity index is 1.64. The Bertz CT molecular complexity index is 788. The normalized spacial score (nSPS) is 10.5. The number of nitrogens with zero attached hydrogens (tertiary/aromatic N) is 2. The Morgan fingerprint density at radius 2 is 1.80 bits per heavy atom. The molecule has 1 aromatic heterocycles. The van der Waals surface area contributed by atoms with Crippen LogP contribution in [-0.2, 0) is 6.54 Å². The predicted molar refractivity (Wildman–Crippen MR) is 104 cm³/mol. The lowest BCUT2D eigenvalue weighted by Crippen LogP contribution is -2.20. The summed E-state index contributed by atoms with van der Waals surface area (Å²) in [4.78, 5) is 6.21. The fraction of sp³-hybridized carbons (Fsp3) is 0.190. The summed E-state index contributed by atoms with van der Waals surface area (Å²) in [6.45, 7) is 1.55. The minimum atomic E-state index is 0.157. The van der Waals surface area contributed by atoms with Crippen molar-refractivity contribution in [3.8, 4) is 11.1 Å². The molecule has 0 bridgehead atoms. The number of hydrogen-bond donors (Lipinski definition) is 2. The van der Waals surface area contributed by atoms with Crippen molar-refractivity contribution in [2.75, 3.05) is 30.4 Å². The van der Waals surface area contributed by atoms with Crippen molar-refractivity contribution >= 4 is 11.4 Å². The van der Waals surface area contributed by atoms with Crippen LogP contribution < -0.4 is 10.2 Å². The van der Waals surface area contributed by atoms with Crippen LogP contribution in [-0.4, -0.2) is 30.3 Å². The van der Waals surface area contributed by atoms with Crippen LogP contribution in [0.3, 0.4) is 0 Å². The van der Waals surface area contributed by atoms with Crippen LogP contribution in [0.15, 0.2) is 73.1 Å². The van der Waals surface area contributed by atoms with E-state index in [-0.39, 0.29) is 6.61 Å². The maximum atomic E-state index is 9.01. The first kappa shape index (κ1) is 17.0. The van der Waals surface area contributed by atoms with Crippen LogP contribution in [0.25, 0.3) is 11.1 Å². The van der Waals surface area contributed by atoms with Crippen molar-refractivity contribution in [2.45, 2.75) is 6.54 Å². The van der Waals surface area contributed by atoms with E-state index in [4.69, 9.17) is 5.11 Å². The highest BCUT2D eigenvalue weighted by molar-refractivity contribution is 5.63. The highest BCUT2D eigenvalue weighted by Crippen LogP contribution is 2.21. The average molecular weight is 333 g/mol. The van der Waals surface area contributed by atoms with Gasteiger partial charge in [0.2, 0.25) is 0 Å². The summed E-state index contributed by atoms with van der Waals surface area (Å²) in [6, 6.07) is 20.8. The van der Waals surface area contributed by atoms with Gasteiger partial charge in [-0.05, 0) is 53.1 Å². The van der Waals surface area contributed by atoms with Gasteiger partial charge in [0, 0.05) is 43.9 Å². The number of aliphatic hydroxyl groups is 1. The van der Waals surface area contributed by atoms with Crippen LogP contribution >= 0.6 is 0 Å². The van der Waals surface area contributed by atoms with Gasteiger partial charge < -0.3 is 15.3 Å². The highest BCUT2D eigenvalue weighted by Gasteiger charge is 2.02. The second kappa shape index (κ2) is 8.31. The number of nitrogens with one attached hydrogen (secondary N) is 1. The molecule has 1 heterocycles. The Morgan fingerprint density at radius 3 is 2.52 bits per heavy atom. The van der Waals surface area contributed by atoms with Gasteiger partial charge >= 0.3 is 0 Å². The Hall–Kier alpha value is -2.85. The Kier molecular flexibility index (Phi) is 5.65. The molecule has 2 N–H and O–H groups in total. The van der Waals surface area contributed by atoms with Gasteiger partial charge in [0.25, 0.3) is 0 Å². The van der Waals surface area contributed by atoms with Gasteiger partial charge in [0.05, 0.1) is 6.61 Å². The molecule has 0 fully saturated rings. The Morgan fingerprint density at radius 1 is 1.00 bits per heavy atom. The summed E-state index contributed by atoms with van der Waals surface area (Å²) in [5.74, 6) is 0. The molecular weight excluding hydrogens is 310 g/mol. The topological polar surface area (TPSA) is 48.4 Å². The molecule has 3 aromatic rings. The van der Waals surface area contributed by atoms with Crippen molar-refractivity contribution in [3.05, 3.63) is 78.6 Å². The second-order valence-corrected chi connectivity index (χ2v) is 5.99. The first-order valence-electron chi connectivity index (χ1n) is 8.41. The van der Waals surface area contributed by atoms with Crippen molar-refractivity contribution in [1.29, 1.82) is 0 Å². The number of rotatable bonds is 7. The number of aliphatic hydroxyl groups excluding tert-OH is 1. The van der Waals surface area contributed by atoms with Crippen molar-refractivity contribution in [3.63, 3.8) is 0 Å². The molecule has 0 saturated carbocycles. The van der Waals surface area contributed by atoms with Crippen LogP contribution in [0.1, 0.15) is 5.56 Å². The van der Waals surface area contributed by atoms with Crippen LogP contribution in [0.5, 0.6) is 0 Å². The van der Waals surface area contributed by atoms with Gasteiger partial charge in [-0.2, -0.15) is 0 Å². The molecule has 0 aliphatic heterocycles. The lowest BCUT2D eigenvalue weighted by molar-refractivity contribution is 0.304. The minimum Gasteiger partial charge on any atom is -0.395 e. The highest BCUT2D eigenvalue weighted by atomic mass is 16.3. The fourth-order valence-electron chi connectivity index (χ4n) is 2.71. The maximum Gasteiger partial charge on any atom is 0.0606 e. The van der Waals surface area contributed by atoms with Gasteiger partial charge in [-0.15, -0.1) is 0 Å². The molecule has 25 heavy (non-hydrogen) atoms. The molecule has 0 saturated heterocycles. The second-order valence-electron chi connectivity index (χ2n) is 5.99. The molecule has 0 amide bonds. The van der Waals surface area contributed by atoms with Crippen molar-refractivity contribution in [1.82, 2.24) is 4.98 Å².